The van der Waals surface area contributed by atoms with Crippen molar-refractivity contribution in [3.05, 3.63) is 34.9 Å². The van der Waals surface area contributed by atoms with Gasteiger partial charge in [-0.2, -0.15) is 5.10 Å². The fourth-order valence-electron chi connectivity index (χ4n) is 0.879. The number of amides is 2. The number of rotatable bonds is 2. The first-order chi connectivity index (χ1) is 7.63. The van der Waals surface area contributed by atoms with Crippen molar-refractivity contribution in [2.75, 3.05) is 7.05 Å². The normalized spacial score (nSPS) is 10.1. The molecule has 0 unspecified atom stereocenters. The van der Waals surface area contributed by atoms with E-state index in [2.05, 4.69) is 15.8 Å². The number of likely N-dealkylation sites (N-methyl/N-ethyl adjacent to an activating group) is 1. The average molecular weight is 240 g/mol. The molecule has 0 saturated carbocycles. The van der Waals surface area contributed by atoms with Gasteiger partial charge >= 0.3 is 11.8 Å². The number of carbonyl (C=O) groups excluding carboxylic acids is 2. The molecule has 0 spiro atoms. The monoisotopic (exact) mass is 239 g/mol. The number of carbonyl (C=O) groups is 2. The molecule has 0 radical (unpaired) electrons. The summed E-state index contributed by atoms with van der Waals surface area (Å²) in [5.41, 5.74) is 2.85. The van der Waals surface area contributed by atoms with Crippen LogP contribution in [0.15, 0.2) is 29.4 Å². The quantitative estimate of drug-likeness (QED) is 0.449. The van der Waals surface area contributed by atoms with Crippen molar-refractivity contribution in [2.45, 2.75) is 0 Å². The molecule has 0 bridgehead atoms. The van der Waals surface area contributed by atoms with Gasteiger partial charge in [0.2, 0.25) is 0 Å². The van der Waals surface area contributed by atoms with E-state index in [0.29, 0.717) is 5.02 Å². The van der Waals surface area contributed by atoms with Gasteiger partial charge in [0.1, 0.15) is 0 Å². The summed E-state index contributed by atoms with van der Waals surface area (Å²) >= 11 is 5.69. The molecule has 1 rings (SSSR count). The van der Waals surface area contributed by atoms with E-state index in [0.717, 1.165) is 5.56 Å². The summed E-state index contributed by atoms with van der Waals surface area (Å²) in [6.07, 6.45) is 1.41. The maximum absolute atomic E-state index is 11.0. The van der Waals surface area contributed by atoms with Gasteiger partial charge in [0.05, 0.1) is 6.21 Å². The Hall–Kier alpha value is -1.88. The van der Waals surface area contributed by atoms with Crippen molar-refractivity contribution >= 4 is 29.6 Å². The maximum Gasteiger partial charge on any atom is 0.329 e. The van der Waals surface area contributed by atoms with E-state index in [4.69, 9.17) is 11.6 Å². The van der Waals surface area contributed by atoms with Crippen LogP contribution in [0, 0.1) is 0 Å². The third-order valence-corrected chi connectivity index (χ3v) is 1.93. The predicted molar refractivity (Wildman–Crippen MR) is 61.3 cm³/mol. The van der Waals surface area contributed by atoms with E-state index in [-0.39, 0.29) is 0 Å². The van der Waals surface area contributed by atoms with E-state index in [9.17, 15) is 9.59 Å². The van der Waals surface area contributed by atoms with Gasteiger partial charge < -0.3 is 5.32 Å². The fraction of sp³-hybridized carbons (Fsp3) is 0.100. The van der Waals surface area contributed by atoms with E-state index in [1.165, 1.54) is 13.3 Å². The Bertz CT molecular complexity index is 415. The molecule has 0 heterocycles. The molecule has 1 aromatic rings. The lowest BCUT2D eigenvalue weighted by Crippen LogP contribution is -2.35. The third kappa shape index (κ3) is 3.70. The minimum absolute atomic E-state index is 0.617. The van der Waals surface area contributed by atoms with Gasteiger partial charge in [0.15, 0.2) is 0 Å². The molecular weight excluding hydrogens is 230 g/mol. The molecule has 0 aliphatic rings. The summed E-state index contributed by atoms with van der Waals surface area (Å²) in [7, 11) is 1.37. The van der Waals surface area contributed by atoms with Crippen molar-refractivity contribution in [1.29, 1.82) is 0 Å². The van der Waals surface area contributed by atoms with Crippen LogP contribution >= 0.6 is 11.6 Å². The van der Waals surface area contributed by atoms with Crippen molar-refractivity contribution in [1.82, 2.24) is 10.7 Å². The number of hydrazone groups is 1. The molecule has 0 atom stereocenters. The van der Waals surface area contributed by atoms with E-state index in [1.807, 2.05) is 0 Å². The van der Waals surface area contributed by atoms with Gasteiger partial charge in [-0.05, 0) is 17.7 Å². The Morgan fingerprint density at radius 1 is 1.25 bits per heavy atom. The molecule has 0 aliphatic heterocycles. The molecule has 5 nitrogen and oxygen atoms in total. The van der Waals surface area contributed by atoms with E-state index < -0.39 is 11.8 Å². The summed E-state index contributed by atoms with van der Waals surface area (Å²) in [6, 6.07) is 6.86. The van der Waals surface area contributed by atoms with Crippen molar-refractivity contribution in [2.24, 2.45) is 5.10 Å². The predicted octanol–water partition coefficient (Wildman–Crippen LogP) is 0.536. The first-order valence-corrected chi connectivity index (χ1v) is 4.82. The largest absolute Gasteiger partial charge is 0.351 e. The van der Waals surface area contributed by atoms with Crippen molar-refractivity contribution in [3.8, 4) is 0 Å². The summed E-state index contributed by atoms with van der Waals surface area (Å²) < 4.78 is 0. The van der Waals surface area contributed by atoms with Crippen LogP contribution in [0.3, 0.4) is 0 Å². The number of benzene rings is 1. The lowest BCUT2D eigenvalue weighted by molar-refractivity contribution is -0.138. The van der Waals surface area contributed by atoms with Gasteiger partial charge in [-0.15, -0.1) is 0 Å². The first kappa shape index (κ1) is 12.2. The van der Waals surface area contributed by atoms with Crippen LogP contribution < -0.4 is 10.7 Å². The standard InChI is InChI=1S/C10H10ClN3O2/c1-12-9(15)10(16)14-13-6-7-2-4-8(11)5-3-7/h2-6H,1H3,(H,12,15)(H,14,16)/b13-6+. The van der Waals surface area contributed by atoms with Crippen LogP contribution in [0.4, 0.5) is 0 Å². The number of hydrogen-bond donors (Lipinski definition) is 2. The average Bonchev–Trinajstić information content (AvgIpc) is 2.30. The van der Waals surface area contributed by atoms with Crippen LogP contribution in [0.25, 0.3) is 0 Å². The van der Waals surface area contributed by atoms with Crippen LogP contribution in [-0.4, -0.2) is 25.1 Å². The van der Waals surface area contributed by atoms with Crippen molar-refractivity contribution < 1.29 is 9.59 Å². The second-order valence-corrected chi connectivity index (χ2v) is 3.27. The van der Waals surface area contributed by atoms with Crippen LogP contribution in [-0.2, 0) is 9.59 Å². The maximum atomic E-state index is 11.0. The van der Waals surface area contributed by atoms with Gasteiger partial charge in [-0.25, -0.2) is 5.43 Å². The lowest BCUT2D eigenvalue weighted by atomic mass is 10.2. The van der Waals surface area contributed by atoms with Crippen LogP contribution in [0.2, 0.25) is 5.02 Å². The highest BCUT2D eigenvalue weighted by Gasteiger charge is 2.08. The zero-order valence-electron chi connectivity index (χ0n) is 8.53. The highest BCUT2D eigenvalue weighted by atomic mass is 35.5. The Balaban J connectivity index is 2.52. The number of hydrogen-bond acceptors (Lipinski definition) is 3. The molecule has 6 heteroatoms. The van der Waals surface area contributed by atoms with Gasteiger partial charge in [-0.1, -0.05) is 23.7 Å². The van der Waals surface area contributed by atoms with Crippen LogP contribution in [0.1, 0.15) is 5.56 Å². The smallest absolute Gasteiger partial charge is 0.329 e. The number of nitrogens with one attached hydrogen (secondary N) is 2. The van der Waals surface area contributed by atoms with Crippen molar-refractivity contribution in [3.63, 3.8) is 0 Å². The summed E-state index contributed by atoms with van der Waals surface area (Å²) in [5, 5.41) is 6.41. The second-order valence-electron chi connectivity index (χ2n) is 2.83. The third-order valence-electron chi connectivity index (χ3n) is 1.68. The second kappa shape index (κ2) is 5.87. The highest BCUT2D eigenvalue weighted by molar-refractivity contribution is 6.35. The Morgan fingerprint density at radius 2 is 1.88 bits per heavy atom. The molecule has 2 amide bonds. The lowest BCUT2D eigenvalue weighted by Gasteiger charge is -1.97. The fourth-order valence-corrected chi connectivity index (χ4v) is 1.00. The minimum Gasteiger partial charge on any atom is -0.351 e. The zero-order valence-corrected chi connectivity index (χ0v) is 9.28. The van der Waals surface area contributed by atoms with Gasteiger partial charge in [-0.3, -0.25) is 9.59 Å². The van der Waals surface area contributed by atoms with E-state index >= 15 is 0 Å². The molecule has 0 saturated heterocycles. The molecule has 0 aromatic heterocycles. The van der Waals surface area contributed by atoms with Gasteiger partial charge in [0.25, 0.3) is 0 Å². The Morgan fingerprint density at radius 3 is 2.44 bits per heavy atom. The zero-order chi connectivity index (χ0) is 12.0. The van der Waals surface area contributed by atoms with Crippen LogP contribution in [0.5, 0.6) is 0 Å². The molecule has 1 aromatic carbocycles. The number of halogens is 1. The molecular formula is C10H10ClN3O2. The SMILES string of the molecule is CNC(=O)C(=O)N/N=C/c1ccc(Cl)cc1. The molecule has 0 aliphatic carbocycles. The Labute approximate surface area is 97.5 Å². The molecule has 84 valence electrons. The molecule has 2 N–H and O–H groups in total. The summed E-state index contributed by atoms with van der Waals surface area (Å²) in [6.45, 7) is 0. The van der Waals surface area contributed by atoms with Gasteiger partial charge in [0, 0.05) is 12.1 Å². The Kier molecular flexibility index (Phi) is 4.47. The summed E-state index contributed by atoms with van der Waals surface area (Å²) in [5.74, 6) is -1.55. The highest BCUT2D eigenvalue weighted by Crippen LogP contribution is 2.07. The molecule has 16 heavy (non-hydrogen) atoms. The number of nitrogens with zero attached hydrogens (tertiary/aromatic N) is 1. The summed E-state index contributed by atoms with van der Waals surface area (Å²) in [4.78, 5) is 21.7. The minimum atomic E-state index is -0.812. The van der Waals surface area contributed by atoms with E-state index in [1.54, 1.807) is 24.3 Å². The first-order valence-electron chi connectivity index (χ1n) is 4.44. The topological polar surface area (TPSA) is 70.6 Å². The molecule has 0 fully saturated rings.